The van der Waals surface area contributed by atoms with Gasteiger partial charge in [-0.2, -0.15) is 0 Å². The van der Waals surface area contributed by atoms with Crippen molar-refractivity contribution in [2.24, 2.45) is 0 Å². The van der Waals surface area contributed by atoms with Crippen molar-refractivity contribution >= 4 is 0 Å². The van der Waals surface area contributed by atoms with Crippen molar-refractivity contribution in [1.29, 1.82) is 0 Å². The van der Waals surface area contributed by atoms with Crippen molar-refractivity contribution in [2.75, 3.05) is 26.3 Å². The molecule has 0 saturated carbocycles. The summed E-state index contributed by atoms with van der Waals surface area (Å²) in [6.07, 6.45) is 0.249. The molecule has 2 rings (SSSR count). The van der Waals surface area contributed by atoms with Gasteiger partial charge in [0.15, 0.2) is 0 Å². The van der Waals surface area contributed by atoms with E-state index < -0.39 is 0 Å². The van der Waals surface area contributed by atoms with Crippen LogP contribution in [-0.2, 0) is 11.3 Å². The highest BCUT2D eigenvalue weighted by molar-refractivity contribution is 5.16. The Labute approximate surface area is 102 Å². The number of ether oxygens (including phenoxy) is 1. The first-order chi connectivity index (χ1) is 8.27. The fourth-order valence-corrected chi connectivity index (χ4v) is 1.99. The molecule has 1 heterocycles. The lowest BCUT2D eigenvalue weighted by Gasteiger charge is -2.32. The van der Waals surface area contributed by atoms with E-state index in [1.54, 1.807) is 6.07 Å². The van der Waals surface area contributed by atoms with Crippen molar-refractivity contribution in [1.82, 2.24) is 10.2 Å². The van der Waals surface area contributed by atoms with Crippen LogP contribution in [-0.4, -0.2) is 37.4 Å². The van der Waals surface area contributed by atoms with Gasteiger partial charge in [0, 0.05) is 25.2 Å². The van der Waals surface area contributed by atoms with Crippen LogP contribution >= 0.6 is 0 Å². The minimum atomic E-state index is -0.144. The van der Waals surface area contributed by atoms with Crippen molar-refractivity contribution in [3.8, 4) is 0 Å². The van der Waals surface area contributed by atoms with Crippen LogP contribution in [0.5, 0.6) is 0 Å². The van der Waals surface area contributed by atoms with Gasteiger partial charge in [-0.1, -0.05) is 18.2 Å². The Balaban J connectivity index is 1.83. The highest BCUT2D eigenvalue weighted by Gasteiger charge is 2.16. The lowest BCUT2D eigenvalue weighted by Crippen LogP contribution is -2.48. The molecule has 1 unspecified atom stereocenters. The Hall–Kier alpha value is -0.970. The Kier molecular flexibility index (Phi) is 4.48. The molecule has 1 N–H and O–H groups in total. The number of hydrogen-bond donors (Lipinski definition) is 1. The Morgan fingerprint density at radius 2 is 2.06 bits per heavy atom. The molecule has 17 heavy (non-hydrogen) atoms. The van der Waals surface area contributed by atoms with Gasteiger partial charge in [-0.15, -0.1) is 0 Å². The van der Waals surface area contributed by atoms with Gasteiger partial charge in [0.1, 0.15) is 5.82 Å². The normalized spacial score (nSPS) is 19.2. The topological polar surface area (TPSA) is 24.5 Å². The molecular weight excluding hydrogens is 219 g/mol. The van der Waals surface area contributed by atoms with E-state index in [1.807, 2.05) is 12.1 Å². The monoisotopic (exact) mass is 238 g/mol. The SMILES string of the molecule is CC(NCc1ccccc1F)N1CCOCC1. The van der Waals surface area contributed by atoms with Gasteiger partial charge in [0.25, 0.3) is 0 Å². The number of benzene rings is 1. The molecule has 0 amide bonds. The first kappa shape index (κ1) is 12.5. The third-order valence-electron chi connectivity index (χ3n) is 3.14. The van der Waals surface area contributed by atoms with Crippen LogP contribution in [0.2, 0.25) is 0 Å². The quantitative estimate of drug-likeness (QED) is 0.862. The summed E-state index contributed by atoms with van der Waals surface area (Å²) in [5, 5.41) is 3.34. The van der Waals surface area contributed by atoms with E-state index in [2.05, 4.69) is 17.1 Å². The lowest BCUT2D eigenvalue weighted by atomic mass is 10.2. The summed E-state index contributed by atoms with van der Waals surface area (Å²) in [5.74, 6) is -0.144. The summed E-state index contributed by atoms with van der Waals surface area (Å²) < 4.78 is 18.7. The van der Waals surface area contributed by atoms with E-state index in [0.29, 0.717) is 12.1 Å². The minimum absolute atomic E-state index is 0.144. The molecule has 94 valence electrons. The van der Waals surface area contributed by atoms with Crippen LogP contribution in [0, 0.1) is 5.82 Å². The summed E-state index contributed by atoms with van der Waals surface area (Å²) in [4.78, 5) is 2.31. The molecule has 0 bridgehead atoms. The van der Waals surface area contributed by atoms with Crippen LogP contribution in [0.25, 0.3) is 0 Å². The van der Waals surface area contributed by atoms with Crippen molar-refractivity contribution in [3.05, 3.63) is 35.6 Å². The molecule has 1 fully saturated rings. The van der Waals surface area contributed by atoms with E-state index >= 15 is 0 Å². The molecular formula is C13H19FN2O. The summed E-state index contributed by atoms with van der Waals surface area (Å²) in [6, 6.07) is 6.88. The van der Waals surface area contributed by atoms with Gasteiger partial charge >= 0.3 is 0 Å². The van der Waals surface area contributed by atoms with Crippen LogP contribution in [0.1, 0.15) is 12.5 Å². The van der Waals surface area contributed by atoms with Gasteiger partial charge < -0.3 is 4.74 Å². The van der Waals surface area contributed by atoms with E-state index in [1.165, 1.54) is 6.07 Å². The predicted octanol–water partition coefficient (Wildman–Crippen LogP) is 1.59. The highest BCUT2D eigenvalue weighted by atomic mass is 19.1. The number of hydrogen-bond acceptors (Lipinski definition) is 3. The first-order valence-electron chi connectivity index (χ1n) is 6.06. The molecule has 0 radical (unpaired) electrons. The zero-order valence-corrected chi connectivity index (χ0v) is 10.2. The van der Waals surface area contributed by atoms with Gasteiger partial charge in [-0.3, -0.25) is 10.2 Å². The van der Waals surface area contributed by atoms with Gasteiger partial charge in [0.2, 0.25) is 0 Å². The predicted molar refractivity (Wildman–Crippen MR) is 65.1 cm³/mol. The van der Waals surface area contributed by atoms with E-state index in [9.17, 15) is 4.39 Å². The summed E-state index contributed by atoms with van der Waals surface area (Å²) in [7, 11) is 0. The third-order valence-corrected chi connectivity index (χ3v) is 3.14. The molecule has 1 aromatic rings. The Morgan fingerprint density at radius 3 is 2.76 bits per heavy atom. The Morgan fingerprint density at radius 1 is 1.35 bits per heavy atom. The summed E-state index contributed by atoms with van der Waals surface area (Å²) in [5.41, 5.74) is 0.715. The molecule has 3 nitrogen and oxygen atoms in total. The fraction of sp³-hybridized carbons (Fsp3) is 0.538. The lowest BCUT2D eigenvalue weighted by molar-refractivity contribution is 0.0127. The maximum Gasteiger partial charge on any atom is 0.127 e. The minimum Gasteiger partial charge on any atom is -0.379 e. The highest BCUT2D eigenvalue weighted by Crippen LogP contribution is 2.07. The van der Waals surface area contributed by atoms with Crippen LogP contribution in [0.3, 0.4) is 0 Å². The second-order valence-corrected chi connectivity index (χ2v) is 4.30. The van der Waals surface area contributed by atoms with E-state index in [0.717, 1.165) is 26.3 Å². The van der Waals surface area contributed by atoms with Crippen molar-refractivity contribution in [3.63, 3.8) is 0 Å². The molecule has 1 atom stereocenters. The number of rotatable bonds is 4. The molecule has 4 heteroatoms. The third kappa shape index (κ3) is 3.49. The zero-order chi connectivity index (χ0) is 12.1. The van der Waals surface area contributed by atoms with Gasteiger partial charge in [0.05, 0.1) is 19.4 Å². The van der Waals surface area contributed by atoms with Gasteiger partial charge in [-0.25, -0.2) is 4.39 Å². The average molecular weight is 238 g/mol. The average Bonchev–Trinajstić information content (AvgIpc) is 2.38. The summed E-state index contributed by atoms with van der Waals surface area (Å²) in [6.45, 7) is 6.10. The second-order valence-electron chi connectivity index (χ2n) is 4.30. The molecule has 1 aromatic carbocycles. The molecule has 1 aliphatic heterocycles. The molecule has 1 saturated heterocycles. The fourth-order valence-electron chi connectivity index (χ4n) is 1.99. The van der Waals surface area contributed by atoms with Crippen molar-refractivity contribution < 1.29 is 9.13 Å². The standard InChI is InChI=1S/C13H19FN2O/c1-11(16-6-8-17-9-7-16)15-10-12-4-2-3-5-13(12)14/h2-5,11,15H,6-10H2,1H3. The maximum absolute atomic E-state index is 13.4. The molecule has 0 spiro atoms. The number of nitrogens with one attached hydrogen (secondary N) is 1. The number of morpholine rings is 1. The van der Waals surface area contributed by atoms with Gasteiger partial charge in [-0.05, 0) is 13.0 Å². The van der Waals surface area contributed by atoms with E-state index in [4.69, 9.17) is 4.74 Å². The Bertz CT molecular complexity index is 353. The second kappa shape index (κ2) is 6.10. The number of halogens is 1. The molecule has 0 aliphatic carbocycles. The van der Waals surface area contributed by atoms with Crippen LogP contribution < -0.4 is 5.32 Å². The van der Waals surface area contributed by atoms with E-state index in [-0.39, 0.29) is 12.0 Å². The molecule has 0 aromatic heterocycles. The maximum atomic E-state index is 13.4. The first-order valence-corrected chi connectivity index (χ1v) is 6.06. The largest absolute Gasteiger partial charge is 0.379 e. The van der Waals surface area contributed by atoms with Crippen LogP contribution in [0.4, 0.5) is 4.39 Å². The zero-order valence-electron chi connectivity index (χ0n) is 10.2. The number of nitrogens with zero attached hydrogens (tertiary/aromatic N) is 1. The smallest absolute Gasteiger partial charge is 0.127 e. The summed E-state index contributed by atoms with van der Waals surface area (Å²) >= 11 is 0. The molecule has 1 aliphatic rings. The van der Waals surface area contributed by atoms with Crippen LogP contribution in [0.15, 0.2) is 24.3 Å². The van der Waals surface area contributed by atoms with Crippen molar-refractivity contribution in [2.45, 2.75) is 19.6 Å².